The maximum atomic E-state index is 12.5. The van der Waals surface area contributed by atoms with Crippen LogP contribution in [0.5, 0.6) is 11.5 Å². The van der Waals surface area contributed by atoms with E-state index in [0.717, 1.165) is 33.1 Å². The zero-order chi connectivity index (χ0) is 21.8. The molecule has 0 saturated carbocycles. The molecule has 31 heavy (non-hydrogen) atoms. The van der Waals surface area contributed by atoms with E-state index in [1.807, 2.05) is 55.5 Å². The molecular weight excluding hydrogens is 412 g/mol. The maximum absolute atomic E-state index is 12.5. The minimum absolute atomic E-state index is 0.132. The molecule has 0 aliphatic heterocycles. The van der Waals surface area contributed by atoms with Crippen molar-refractivity contribution < 1.29 is 14.3 Å². The van der Waals surface area contributed by atoms with Gasteiger partial charge in [-0.2, -0.15) is 5.10 Å². The lowest BCUT2D eigenvalue weighted by Gasteiger charge is -2.11. The summed E-state index contributed by atoms with van der Waals surface area (Å²) < 4.78 is 12.3. The number of hydrogen-bond donors (Lipinski definition) is 1. The van der Waals surface area contributed by atoms with Crippen molar-refractivity contribution in [2.75, 3.05) is 25.3 Å². The van der Waals surface area contributed by atoms with E-state index in [1.54, 1.807) is 31.1 Å². The van der Waals surface area contributed by atoms with Crippen molar-refractivity contribution in [3.05, 3.63) is 66.5 Å². The molecule has 2 heterocycles. The summed E-state index contributed by atoms with van der Waals surface area (Å²) in [4.78, 5) is 17.0. The molecule has 0 aliphatic carbocycles. The van der Waals surface area contributed by atoms with Crippen LogP contribution in [0.3, 0.4) is 0 Å². The molecule has 0 aliphatic rings. The summed E-state index contributed by atoms with van der Waals surface area (Å²) in [7, 11) is 3.22. The van der Waals surface area contributed by atoms with Crippen molar-refractivity contribution >= 4 is 28.9 Å². The minimum Gasteiger partial charge on any atom is -0.497 e. The number of carbonyl (C=O) groups excluding carboxylic acids is 1. The van der Waals surface area contributed by atoms with Gasteiger partial charge in [-0.25, -0.2) is 9.50 Å². The van der Waals surface area contributed by atoms with Gasteiger partial charge in [-0.1, -0.05) is 17.8 Å². The van der Waals surface area contributed by atoms with Gasteiger partial charge < -0.3 is 14.8 Å². The number of ether oxygens (including phenoxy) is 2. The van der Waals surface area contributed by atoms with Gasteiger partial charge >= 0.3 is 0 Å². The average molecular weight is 435 g/mol. The topological polar surface area (TPSA) is 77.8 Å². The first-order valence-corrected chi connectivity index (χ1v) is 10.6. The number of aromatic nitrogens is 3. The van der Waals surface area contributed by atoms with E-state index in [1.165, 1.54) is 11.8 Å². The lowest BCUT2D eigenvalue weighted by atomic mass is 10.1. The fraction of sp³-hybridized carbons (Fsp3) is 0.174. The third-order valence-electron chi connectivity index (χ3n) is 4.71. The first-order chi connectivity index (χ1) is 15.1. The molecule has 0 atom stereocenters. The molecule has 2 aromatic carbocycles. The fourth-order valence-corrected chi connectivity index (χ4v) is 3.93. The quantitative estimate of drug-likeness (QED) is 0.433. The van der Waals surface area contributed by atoms with E-state index in [9.17, 15) is 4.79 Å². The van der Waals surface area contributed by atoms with Crippen LogP contribution in [0.15, 0.2) is 66.0 Å². The van der Waals surface area contributed by atoms with Gasteiger partial charge in [0.25, 0.3) is 0 Å². The number of fused-ring (bicyclic) bond motifs is 1. The van der Waals surface area contributed by atoms with Gasteiger partial charge in [0.15, 0.2) is 0 Å². The summed E-state index contributed by atoms with van der Waals surface area (Å²) in [6, 6.07) is 15.4. The van der Waals surface area contributed by atoms with Crippen LogP contribution >= 0.6 is 11.8 Å². The van der Waals surface area contributed by atoms with Gasteiger partial charge in [-0.05, 0) is 55.0 Å². The molecule has 2 aromatic heterocycles. The Morgan fingerprint density at radius 1 is 1.10 bits per heavy atom. The first-order valence-electron chi connectivity index (χ1n) is 9.63. The summed E-state index contributed by atoms with van der Waals surface area (Å²) >= 11 is 1.36. The molecule has 8 heteroatoms. The molecule has 0 unspecified atom stereocenters. The van der Waals surface area contributed by atoms with E-state index in [4.69, 9.17) is 9.47 Å². The Bertz CT molecular complexity index is 1220. The Morgan fingerprint density at radius 2 is 1.90 bits per heavy atom. The number of methoxy groups -OCH3 is 2. The number of aryl methyl sites for hydroxylation is 1. The molecule has 7 nitrogen and oxygen atoms in total. The lowest BCUT2D eigenvalue weighted by molar-refractivity contribution is -0.113. The highest BCUT2D eigenvalue weighted by Gasteiger charge is 2.13. The van der Waals surface area contributed by atoms with Crippen molar-refractivity contribution in [1.82, 2.24) is 14.6 Å². The summed E-state index contributed by atoms with van der Waals surface area (Å²) in [6.07, 6.45) is 3.48. The van der Waals surface area contributed by atoms with E-state index in [0.29, 0.717) is 11.4 Å². The number of nitrogens with one attached hydrogen (secondary N) is 1. The van der Waals surface area contributed by atoms with Crippen molar-refractivity contribution in [3.63, 3.8) is 0 Å². The average Bonchev–Trinajstić information content (AvgIpc) is 3.23. The van der Waals surface area contributed by atoms with Crippen molar-refractivity contribution in [2.24, 2.45) is 0 Å². The third-order valence-corrected chi connectivity index (χ3v) is 5.70. The van der Waals surface area contributed by atoms with E-state index < -0.39 is 0 Å². The van der Waals surface area contributed by atoms with Crippen LogP contribution in [0.1, 0.15) is 5.56 Å². The van der Waals surface area contributed by atoms with Crippen LogP contribution in [-0.2, 0) is 4.79 Å². The minimum atomic E-state index is -0.132. The van der Waals surface area contributed by atoms with Gasteiger partial charge in [0.1, 0.15) is 16.5 Å². The number of benzene rings is 2. The fourth-order valence-electron chi connectivity index (χ4n) is 3.15. The van der Waals surface area contributed by atoms with Gasteiger partial charge in [0.05, 0.1) is 36.9 Å². The second-order valence-corrected chi connectivity index (χ2v) is 7.82. The normalized spacial score (nSPS) is 10.8. The molecule has 1 amide bonds. The highest BCUT2D eigenvalue weighted by molar-refractivity contribution is 8.00. The molecule has 1 N–H and O–H groups in total. The van der Waals surface area contributed by atoms with Gasteiger partial charge in [0, 0.05) is 18.0 Å². The number of amides is 1. The van der Waals surface area contributed by atoms with E-state index >= 15 is 0 Å². The van der Waals surface area contributed by atoms with Crippen LogP contribution < -0.4 is 14.8 Å². The predicted molar refractivity (Wildman–Crippen MR) is 122 cm³/mol. The van der Waals surface area contributed by atoms with Gasteiger partial charge in [-0.3, -0.25) is 4.79 Å². The molecule has 158 valence electrons. The number of anilines is 1. The third kappa shape index (κ3) is 4.64. The molecule has 0 radical (unpaired) electrons. The van der Waals surface area contributed by atoms with Crippen LogP contribution in [0, 0.1) is 6.92 Å². The second-order valence-electron chi connectivity index (χ2n) is 6.86. The summed E-state index contributed by atoms with van der Waals surface area (Å²) in [5.74, 6) is 1.51. The van der Waals surface area contributed by atoms with Crippen molar-refractivity contribution in [3.8, 4) is 22.8 Å². The molecule has 0 fully saturated rings. The zero-order valence-corrected chi connectivity index (χ0v) is 18.3. The number of hydrogen-bond acceptors (Lipinski definition) is 6. The Balaban J connectivity index is 1.50. The van der Waals surface area contributed by atoms with E-state index in [2.05, 4.69) is 15.4 Å². The molecule has 4 aromatic rings. The molecular formula is C23H22N4O3S. The Hall–Kier alpha value is -3.52. The number of carbonyl (C=O) groups is 1. The Kier molecular flexibility index (Phi) is 6.08. The smallest absolute Gasteiger partial charge is 0.234 e. The van der Waals surface area contributed by atoms with E-state index in [-0.39, 0.29) is 11.7 Å². The zero-order valence-electron chi connectivity index (χ0n) is 17.5. The number of thioether (sulfide) groups is 1. The van der Waals surface area contributed by atoms with Crippen molar-refractivity contribution in [1.29, 1.82) is 0 Å². The van der Waals surface area contributed by atoms with Crippen LogP contribution in [0.2, 0.25) is 0 Å². The highest BCUT2D eigenvalue weighted by Crippen LogP contribution is 2.28. The lowest BCUT2D eigenvalue weighted by Crippen LogP contribution is -2.15. The van der Waals surface area contributed by atoms with Crippen LogP contribution in [0.4, 0.5) is 5.69 Å². The standard InChI is InChI=1S/C23H22N4O3S/c1-15-4-9-21(30-3)19(12-15)25-22(28)14-31-23-20-13-18(26-27(20)11-10-24-23)16-5-7-17(29-2)8-6-16/h4-13H,14H2,1-3H3,(H,25,28). The first kappa shape index (κ1) is 20.7. The molecule has 0 spiro atoms. The highest BCUT2D eigenvalue weighted by atomic mass is 32.2. The van der Waals surface area contributed by atoms with Crippen LogP contribution in [0.25, 0.3) is 16.8 Å². The number of rotatable bonds is 7. The maximum Gasteiger partial charge on any atom is 0.234 e. The molecule has 0 saturated heterocycles. The second kappa shape index (κ2) is 9.09. The predicted octanol–water partition coefficient (Wildman–Crippen LogP) is 4.45. The molecule has 0 bridgehead atoms. The Morgan fingerprint density at radius 3 is 2.65 bits per heavy atom. The van der Waals surface area contributed by atoms with Crippen molar-refractivity contribution in [2.45, 2.75) is 11.9 Å². The van der Waals surface area contributed by atoms with Gasteiger partial charge in [0.2, 0.25) is 5.91 Å². The van der Waals surface area contributed by atoms with Gasteiger partial charge in [-0.15, -0.1) is 0 Å². The van der Waals surface area contributed by atoms with Crippen LogP contribution in [-0.4, -0.2) is 40.5 Å². The largest absolute Gasteiger partial charge is 0.497 e. The summed E-state index contributed by atoms with van der Waals surface area (Å²) in [5, 5.41) is 8.28. The molecule has 4 rings (SSSR count). The SMILES string of the molecule is COc1ccc(-c2cc3c(SCC(=O)Nc4cc(C)ccc4OC)nccn3n2)cc1. The Labute approximate surface area is 184 Å². The number of nitrogens with zero attached hydrogens (tertiary/aromatic N) is 3. The monoisotopic (exact) mass is 434 g/mol. The summed E-state index contributed by atoms with van der Waals surface area (Å²) in [5.41, 5.74) is 4.35. The summed E-state index contributed by atoms with van der Waals surface area (Å²) in [6.45, 7) is 1.97.